The first-order valence-electron chi connectivity index (χ1n) is 9.61. The summed E-state index contributed by atoms with van der Waals surface area (Å²) in [4.78, 5) is 0. The fraction of sp³-hybridized carbons (Fsp3) is 0.360. The van der Waals surface area contributed by atoms with Gasteiger partial charge in [0.1, 0.15) is 0 Å². The molecule has 0 nitrogen and oxygen atoms in total. The first-order chi connectivity index (χ1) is 12.9. The molecule has 158 valence electrons. The van der Waals surface area contributed by atoms with Crippen LogP contribution in [0.2, 0.25) is 18.6 Å². The van der Waals surface area contributed by atoms with Crippen LogP contribution in [-0.2, 0) is 20.8 Å². The van der Waals surface area contributed by atoms with Gasteiger partial charge in [-0.25, -0.2) is 0 Å². The van der Waals surface area contributed by atoms with Gasteiger partial charge in [0.2, 0.25) is 0 Å². The van der Waals surface area contributed by atoms with Gasteiger partial charge in [0.05, 0.1) is 8.07 Å². The van der Waals surface area contributed by atoms with Crippen LogP contribution in [-0.4, -0.2) is 8.07 Å². The SMILES string of the molecule is C=C(c1ccccc1C=CC)[Si](C)(C)C1C(C)CC2C=CC=CC21.[CH3-].[CH3-].[Cl][Zr+2][Cl]. The molecule has 1 fully saturated rings. The summed E-state index contributed by atoms with van der Waals surface area (Å²) < 4.78 is 0. The quantitative estimate of drug-likeness (QED) is 0.271. The van der Waals surface area contributed by atoms with Crippen molar-refractivity contribution in [3.63, 3.8) is 0 Å². The van der Waals surface area contributed by atoms with Crippen molar-refractivity contribution in [1.82, 2.24) is 0 Å². The van der Waals surface area contributed by atoms with Crippen LogP contribution in [0.15, 0.2) is 61.2 Å². The van der Waals surface area contributed by atoms with E-state index in [1.807, 2.05) is 0 Å². The number of rotatable bonds is 4. The fourth-order valence-electron chi connectivity index (χ4n) is 5.08. The van der Waals surface area contributed by atoms with Crippen LogP contribution in [0.25, 0.3) is 11.3 Å². The second kappa shape index (κ2) is 13.3. The first kappa shape index (κ1) is 28.9. The maximum atomic E-state index is 4.93. The Kier molecular flexibility index (Phi) is 13.2. The molecule has 3 rings (SSSR count). The van der Waals surface area contributed by atoms with Crippen LogP contribution in [0.3, 0.4) is 0 Å². The number of hydrogen-bond donors (Lipinski definition) is 0. The zero-order valence-electron chi connectivity index (χ0n) is 18.8. The third-order valence-electron chi connectivity index (χ3n) is 6.21. The summed E-state index contributed by atoms with van der Waals surface area (Å²) in [6.07, 6.45) is 15.1. The van der Waals surface area contributed by atoms with E-state index in [1.54, 1.807) is 0 Å². The summed E-state index contributed by atoms with van der Waals surface area (Å²) in [6.45, 7) is 14.3. The molecular weight excluding hydrogens is 490 g/mol. The van der Waals surface area contributed by atoms with E-state index < -0.39 is 28.9 Å². The van der Waals surface area contributed by atoms with E-state index >= 15 is 0 Å². The molecule has 2 aliphatic carbocycles. The zero-order chi connectivity index (χ0) is 20.0. The van der Waals surface area contributed by atoms with Gasteiger partial charge in [-0.15, -0.1) is 0 Å². The van der Waals surface area contributed by atoms with E-state index in [4.69, 9.17) is 17.0 Å². The second-order valence-electron chi connectivity index (χ2n) is 8.11. The van der Waals surface area contributed by atoms with Crippen LogP contribution < -0.4 is 0 Å². The van der Waals surface area contributed by atoms with Gasteiger partial charge in [-0.1, -0.05) is 92.5 Å². The van der Waals surface area contributed by atoms with Gasteiger partial charge in [0, 0.05) is 0 Å². The van der Waals surface area contributed by atoms with Crippen LogP contribution in [0, 0.1) is 32.6 Å². The van der Waals surface area contributed by atoms with Crippen molar-refractivity contribution in [2.45, 2.75) is 38.9 Å². The molecule has 1 aromatic carbocycles. The monoisotopic (exact) mass is 524 g/mol. The third-order valence-corrected chi connectivity index (χ3v) is 10.7. The second-order valence-corrected chi connectivity index (χ2v) is 16.6. The molecule has 1 saturated carbocycles. The third kappa shape index (κ3) is 6.67. The Balaban J connectivity index is 0.00000148. The standard InChI is InChI=1S/C23H30Si.2CH3.2ClH.Zr/c1-6-11-19-12-7-9-14-21(19)18(3)24(4,5)23-17(2)16-20-13-8-10-15-22(20)23;;;;;/h6-15,17,20,22-23H,3,16H2,1-2,4-5H3;2*1H3;2*1H;/q;2*-1;;;+4/p-2. The summed E-state index contributed by atoms with van der Waals surface area (Å²) in [7, 11) is 8.21. The number of fused-ring (bicyclic) bond motifs is 1. The average Bonchev–Trinajstić information content (AvgIpc) is 2.99. The van der Waals surface area contributed by atoms with Crippen molar-refractivity contribution < 1.29 is 20.8 Å². The number of halogens is 2. The molecule has 4 heteroatoms. The Hall–Kier alpha value is -0.140. The van der Waals surface area contributed by atoms with Gasteiger partial charge >= 0.3 is 37.9 Å². The van der Waals surface area contributed by atoms with E-state index in [1.165, 1.54) is 22.7 Å². The molecule has 0 heterocycles. The molecule has 0 saturated heterocycles. The summed E-state index contributed by atoms with van der Waals surface area (Å²) >= 11 is -0.826. The molecule has 0 amide bonds. The minimum atomic E-state index is -1.66. The normalized spacial score (nSPS) is 24.5. The van der Waals surface area contributed by atoms with Crippen molar-refractivity contribution in [1.29, 1.82) is 0 Å². The molecule has 0 aliphatic heterocycles. The molecule has 0 radical (unpaired) electrons. The Morgan fingerprint density at radius 1 is 1.14 bits per heavy atom. The molecule has 1 aromatic rings. The first-order valence-corrected chi connectivity index (χ1v) is 19.0. The van der Waals surface area contributed by atoms with Gasteiger partial charge in [-0.2, -0.15) is 0 Å². The summed E-state index contributed by atoms with van der Waals surface area (Å²) in [5.74, 6) is 2.22. The molecule has 0 aromatic heterocycles. The van der Waals surface area contributed by atoms with E-state index in [-0.39, 0.29) is 14.9 Å². The Morgan fingerprint density at radius 2 is 1.72 bits per heavy atom. The fourth-order valence-corrected chi connectivity index (χ4v) is 9.29. The van der Waals surface area contributed by atoms with Crippen LogP contribution in [0.1, 0.15) is 31.4 Å². The van der Waals surface area contributed by atoms with Crippen LogP contribution >= 0.6 is 17.0 Å². The summed E-state index contributed by atoms with van der Waals surface area (Å²) in [5, 5.41) is 1.41. The average molecular weight is 527 g/mol. The Labute approximate surface area is 199 Å². The van der Waals surface area contributed by atoms with Crippen molar-refractivity contribution in [2.24, 2.45) is 17.8 Å². The number of allylic oxidation sites excluding steroid dienone is 5. The zero-order valence-corrected chi connectivity index (χ0v) is 23.7. The van der Waals surface area contributed by atoms with E-state index in [0.717, 1.165) is 17.4 Å². The molecule has 0 bridgehead atoms. The summed E-state index contributed by atoms with van der Waals surface area (Å²) in [5.41, 5.74) is 3.44. The van der Waals surface area contributed by atoms with Crippen LogP contribution in [0.5, 0.6) is 0 Å². The molecular formula is C25H36Cl2SiZr. The minimum absolute atomic E-state index is 0. The van der Waals surface area contributed by atoms with Crippen molar-refractivity contribution in [3.8, 4) is 0 Å². The van der Waals surface area contributed by atoms with Gasteiger partial charge in [-0.3, -0.25) is 0 Å². The molecule has 4 unspecified atom stereocenters. The van der Waals surface area contributed by atoms with E-state index in [9.17, 15) is 0 Å². The van der Waals surface area contributed by atoms with Gasteiger partial charge in [0.15, 0.2) is 0 Å². The summed E-state index contributed by atoms with van der Waals surface area (Å²) in [6, 6.07) is 8.76. The predicted octanol–water partition coefficient (Wildman–Crippen LogP) is 9.03. The maximum absolute atomic E-state index is 4.93. The molecule has 0 spiro atoms. The molecule has 2 aliphatic rings. The number of benzene rings is 1. The van der Waals surface area contributed by atoms with Gasteiger partial charge < -0.3 is 14.9 Å². The van der Waals surface area contributed by atoms with E-state index in [0.29, 0.717) is 5.92 Å². The molecule has 0 N–H and O–H groups in total. The molecule has 29 heavy (non-hydrogen) atoms. The Morgan fingerprint density at radius 3 is 2.34 bits per heavy atom. The van der Waals surface area contributed by atoms with Crippen molar-refractivity contribution in [2.75, 3.05) is 0 Å². The van der Waals surface area contributed by atoms with E-state index in [2.05, 4.69) is 94.2 Å². The predicted molar refractivity (Wildman–Crippen MR) is 135 cm³/mol. The van der Waals surface area contributed by atoms with Crippen LogP contribution in [0.4, 0.5) is 0 Å². The Bertz CT molecular complexity index is 736. The van der Waals surface area contributed by atoms with Crippen molar-refractivity contribution in [3.05, 3.63) is 87.2 Å². The van der Waals surface area contributed by atoms with Gasteiger partial charge in [-0.05, 0) is 47.8 Å². The van der Waals surface area contributed by atoms with Gasteiger partial charge in [0.25, 0.3) is 0 Å². The van der Waals surface area contributed by atoms with Crippen molar-refractivity contribution >= 4 is 36.4 Å². The molecule has 4 atom stereocenters. The topological polar surface area (TPSA) is 0 Å². The number of hydrogen-bond acceptors (Lipinski definition) is 0.